The molecular formula is C20H16BrFN4O4. The number of hydrogen-bond acceptors (Lipinski definition) is 5. The second kappa shape index (κ2) is 8.46. The van der Waals surface area contributed by atoms with Crippen LogP contribution in [0.2, 0.25) is 0 Å². The fourth-order valence-corrected chi connectivity index (χ4v) is 3.12. The number of aromatic hydroxyl groups is 1. The standard InChI is InChI=1S/C20H16BrFN4O4/c1-10(23-24-19(28)11-3-5-12(6-4-11)20(29)30)16-18(27)17(26(2)25-16)13-7-8-15(22)14(21)9-13/h3-9,27H,1-2H3,(H,24,28)(H,29,30)/b23-10+. The van der Waals surface area contributed by atoms with Gasteiger partial charge in [0.1, 0.15) is 11.5 Å². The number of aromatic carboxylic acids is 1. The molecule has 0 fully saturated rings. The number of amides is 1. The summed E-state index contributed by atoms with van der Waals surface area (Å²) in [5.74, 6) is -2.25. The van der Waals surface area contributed by atoms with Crippen molar-refractivity contribution in [3.05, 3.63) is 69.6 Å². The molecule has 1 aromatic heterocycles. The van der Waals surface area contributed by atoms with Crippen molar-refractivity contribution >= 4 is 33.5 Å². The number of aromatic nitrogens is 2. The van der Waals surface area contributed by atoms with Gasteiger partial charge in [0, 0.05) is 18.2 Å². The minimum atomic E-state index is -1.09. The Labute approximate surface area is 178 Å². The quantitative estimate of drug-likeness (QED) is 0.386. The third-order valence-electron chi connectivity index (χ3n) is 4.28. The molecule has 2 aromatic carbocycles. The van der Waals surface area contributed by atoms with Crippen LogP contribution in [0.1, 0.15) is 33.3 Å². The maximum Gasteiger partial charge on any atom is 0.335 e. The Morgan fingerprint density at radius 2 is 1.80 bits per heavy atom. The van der Waals surface area contributed by atoms with Gasteiger partial charge >= 0.3 is 5.97 Å². The lowest BCUT2D eigenvalue weighted by atomic mass is 10.1. The third kappa shape index (κ3) is 4.23. The van der Waals surface area contributed by atoms with E-state index in [1.807, 2.05) is 0 Å². The lowest BCUT2D eigenvalue weighted by Gasteiger charge is -2.04. The Balaban J connectivity index is 1.83. The van der Waals surface area contributed by atoms with Gasteiger partial charge in [-0.3, -0.25) is 9.48 Å². The first-order valence-electron chi connectivity index (χ1n) is 8.58. The molecule has 3 aromatic rings. The average molecular weight is 475 g/mol. The van der Waals surface area contributed by atoms with Gasteiger partial charge in [0.2, 0.25) is 0 Å². The Kier molecular flexibility index (Phi) is 5.97. The van der Waals surface area contributed by atoms with Gasteiger partial charge in [-0.25, -0.2) is 14.6 Å². The molecule has 0 aliphatic carbocycles. The summed E-state index contributed by atoms with van der Waals surface area (Å²) < 4.78 is 15.2. The molecule has 0 atom stereocenters. The second-order valence-corrected chi connectivity index (χ2v) is 7.17. The highest BCUT2D eigenvalue weighted by molar-refractivity contribution is 9.10. The van der Waals surface area contributed by atoms with Crippen molar-refractivity contribution < 1.29 is 24.2 Å². The largest absolute Gasteiger partial charge is 0.504 e. The van der Waals surface area contributed by atoms with Crippen molar-refractivity contribution in [2.24, 2.45) is 12.1 Å². The molecule has 0 radical (unpaired) electrons. The highest BCUT2D eigenvalue weighted by Crippen LogP contribution is 2.34. The molecule has 1 amide bonds. The van der Waals surface area contributed by atoms with Gasteiger partial charge in [-0.15, -0.1) is 0 Å². The van der Waals surface area contributed by atoms with Crippen LogP contribution in [0.15, 0.2) is 52.0 Å². The Hall–Kier alpha value is -3.53. The minimum Gasteiger partial charge on any atom is -0.504 e. The first kappa shape index (κ1) is 21.2. The first-order chi connectivity index (χ1) is 14.2. The minimum absolute atomic E-state index is 0.0598. The number of carboxylic acids is 1. The van der Waals surface area contributed by atoms with Gasteiger partial charge in [-0.05, 0) is 65.3 Å². The molecule has 0 saturated heterocycles. The first-order valence-corrected chi connectivity index (χ1v) is 9.38. The highest BCUT2D eigenvalue weighted by atomic mass is 79.9. The number of aryl methyl sites for hydroxylation is 1. The van der Waals surface area contributed by atoms with Gasteiger partial charge in [0.25, 0.3) is 5.91 Å². The monoisotopic (exact) mass is 474 g/mol. The van der Waals surface area contributed by atoms with Crippen LogP contribution >= 0.6 is 15.9 Å². The molecule has 1 heterocycles. The third-order valence-corrected chi connectivity index (χ3v) is 4.88. The van der Waals surface area contributed by atoms with Crippen LogP contribution in [-0.2, 0) is 7.05 Å². The van der Waals surface area contributed by atoms with Gasteiger partial charge in [0.15, 0.2) is 11.4 Å². The zero-order valence-corrected chi connectivity index (χ0v) is 17.4. The zero-order valence-electron chi connectivity index (χ0n) is 15.8. The molecule has 0 aliphatic rings. The van der Waals surface area contributed by atoms with E-state index in [0.717, 1.165) is 0 Å². The average Bonchev–Trinajstić information content (AvgIpc) is 3.02. The lowest BCUT2D eigenvalue weighted by molar-refractivity contribution is 0.0696. The smallest absolute Gasteiger partial charge is 0.335 e. The van der Waals surface area contributed by atoms with Crippen LogP contribution in [0, 0.1) is 5.82 Å². The summed E-state index contributed by atoms with van der Waals surface area (Å²) in [6.45, 7) is 1.56. The SMILES string of the molecule is C/C(=N\NC(=O)c1ccc(C(=O)O)cc1)c1nn(C)c(-c2ccc(F)c(Br)c2)c1O. The fourth-order valence-electron chi connectivity index (χ4n) is 2.74. The number of hydrazone groups is 1. The molecule has 0 spiro atoms. The predicted octanol–water partition coefficient (Wildman–Crippen LogP) is 3.55. The molecule has 3 rings (SSSR count). The normalized spacial score (nSPS) is 11.4. The topological polar surface area (TPSA) is 117 Å². The number of halogens is 2. The lowest BCUT2D eigenvalue weighted by Crippen LogP contribution is -2.19. The van der Waals surface area contributed by atoms with E-state index in [9.17, 15) is 19.1 Å². The molecule has 8 nitrogen and oxygen atoms in total. The van der Waals surface area contributed by atoms with Crippen LogP contribution in [-0.4, -0.2) is 37.6 Å². The predicted molar refractivity (Wildman–Crippen MR) is 111 cm³/mol. The van der Waals surface area contributed by atoms with Crippen LogP contribution in [0.3, 0.4) is 0 Å². The van der Waals surface area contributed by atoms with Crippen molar-refractivity contribution in [3.8, 4) is 17.0 Å². The summed E-state index contributed by atoms with van der Waals surface area (Å²) in [4.78, 5) is 23.1. The number of carbonyl (C=O) groups excluding carboxylic acids is 1. The number of nitrogens with zero attached hydrogens (tertiary/aromatic N) is 3. The maximum absolute atomic E-state index is 13.5. The number of carbonyl (C=O) groups is 2. The molecule has 30 heavy (non-hydrogen) atoms. The Bertz CT molecular complexity index is 1170. The molecule has 10 heteroatoms. The van der Waals surface area contributed by atoms with Crippen LogP contribution in [0.5, 0.6) is 5.75 Å². The number of carboxylic acid groups (broad SMARTS) is 1. The van der Waals surface area contributed by atoms with E-state index in [1.54, 1.807) is 14.0 Å². The Morgan fingerprint density at radius 3 is 2.40 bits per heavy atom. The van der Waals surface area contributed by atoms with Crippen molar-refractivity contribution in [2.45, 2.75) is 6.92 Å². The molecular weight excluding hydrogens is 459 g/mol. The van der Waals surface area contributed by atoms with E-state index in [2.05, 4.69) is 31.6 Å². The zero-order chi connectivity index (χ0) is 22.0. The van der Waals surface area contributed by atoms with Crippen LogP contribution in [0.4, 0.5) is 4.39 Å². The van der Waals surface area contributed by atoms with Crippen molar-refractivity contribution in [1.82, 2.24) is 15.2 Å². The van der Waals surface area contributed by atoms with Crippen molar-refractivity contribution in [1.29, 1.82) is 0 Å². The van der Waals surface area contributed by atoms with E-state index < -0.39 is 17.7 Å². The number of nitrogens with one attached hydrogen (secondary N) is 1. The Morgan fingerprint density at radius 1 is 1.17 bits per heavy atom. The summed E-state index contributed by atoms with van der Waals surface area (Å²) in [7, 11) is 1.62. The molecule has 0 aliphatic heterocycles. The summed E-state index contributed by atoms with van der Waals surface area (Å²) in [5, 5.41) is 27.7. The number of benzene rings is 2. The molecule has 0 bridgehead atoms. The van der Waals surface area contributed by atoms with Crippen molar-refractivity contribution in [2.75, 3.05) is 0 Å². The van der Waals surface area contributed by atoms with Crippen LogP contribution < -0.4 is 5.43 Å². The van der Waals surface area contributed by atoms with Crippen molar-refractivity contribution in [3.63, 3.8) is 0 Å². The van der Waals surface area contributed by atoms with E-state index in [-0.39, 0.29) is 32.8 Å². The van der Waals surface area contributed by atoms with Gasteiger partial charge < -0.3 is 10.2 Å². The number of hydrogen-bond donors (Lipinski definition) is 3. The second-order valence-electron chi connectivity index (χ2n) is 6.32. The van der Waals surface area contributed by atoms with Gasteiger partial charge in [0.05, 0.1) is 15.7 Å². The fraction of sp³-hybridized carbons (Fsp3) is 0.100. The van der Waals surface area contributed by atoms with E-state index >= 15 is 0 Å². The molecule has 0 saturated carbocycles. The molecule has 154 valence electrons. The summed E-state index contributed by atoms with van der Waals surface area (Å²) in [6, 6.07) is 9.65. The summed E-state index contributed by atoms with van der Waals surface area (Å²) >= 11 is 3.11. The van der Waals surface area contributed by atoms with Gasteiger partial charge in [-0.2, -0.15) is 10.2 Å². The van der Waals surface area contributed by atoms with E-state index in [4.69, 9.17) is 5.11 Å². The van der Waals surface area contributed by atoms with Crippen LogP contribution in [0.25, 0.3) is 11.3 Å². The van der Waals surface area contributed by atoms with E-state index in [0.29, 0.717) is 11.3 Å². The summed E-state index contributed by atoms with van der Waals surface area (Å²) in [6.07, 6.45) is 0. The summed E-state index contributed by atoms with van der Waals surface area (Å²) in [5.41, 5.74) is 3.91. The number of rotatable bonds is 5. The maximum atomic E-state index is 13.5. The highest BCUT2D eigenvalue weighted by Gasteiger charge is 2.20. The van der Waals surface area contributed by atoms with E-state index in [1.165, 1.54) is 47.1 Å². The van der Waals surface area contributed by atoms with Gasteiger partial charge in [-0.1, -0.05) is 0 Å². The molecule has 3 N–H and O–H groups in total. The molecule has 0 unspecified atom stereocenters.